The van der Waals surface area contributed by atoms with Gasteiger partial charge in [0.25, 0.3) is 11.8 Å². The van der Waals surface area contributed by atoms with E-state index in [0.717, 1.165) is 49.4 Å². The lowest BCUT2D eigenvalue weighted by Crippen LogP contribution is -2.51. The molecular formula is C36H41F2N7O2. The first kappa shape index (κ1) is 29.3. The Morgan fingerprint density at radius 2 is 1.83 bits per heavy atom. The number of hydrogen-bond donors (Lipinski definition) is 2. The van der Waals surface area contributed by atoms with Gasteiger partial charge in [-0.2, -0.15) is 0 Å². The van der Waals surface area contributed by atoms with Crippen LogP contribution in [0.15, 0.2) is 36.4 Å². The maximum Gasteiger partial charge on any atom is 0.265 e. The van der Waals surface area contributed by atoms with Gasteiger partial charge in [-0.15, -0.1) is 0 Å². The molecule has 246 valence electrons. The molecule has 6 atom stereocenters. The zero-order valence-corrected chi connectivity index (χ0v) is 26.7. The molecule has 1 saturated heterocycles. The number of alkyl halides is 2. The Labute approximate surface area is 271 Å². The highest BCUT2D eigenvalue weighted by molar-refractivity contribution is 5.98. The van der Waals surface area contributed by atoms with Crippen LogP contribution in [0.1, 0.15) is 92.8 Å². The number of nitrogens with two attached hydrogens (primary N) is 1. The van der Waals surface area contributed by atoms with Crippen molar-refractivity contribution in [3.63, 3.8) is 0 Å². The quantitative estimate of drug-likeness (QED) is 0.286. The lowest BCUT2D eigenvalue weighted by Gasteiger charge is -2.37. The number of aromatic nitrogens is 4. The standard InChI is InChI=1S/C36H41F2N7O2/c1-19-28-10-5-22-16-31(44(32(22)41-28)18-36(37,38)12-2-3-20-14-26(20)34(46)40-19)33-42-29-15-23(6-11-30(29)45(33)24-8-9-24)35(47)43-17-27(39)21-4-7-25(43)13-21/h5-6,10-11,15-16,19-21,24-27H,2-4,7-9,12-14,17-18,39H2,1H3,(H,40,46)/t19-,20-,21-,25+,26-,27+/m1/s1. The number of hydrogen-bond acceptors (Lipinski definition) is 5. The van der Waals surface area contributed by atoms with Crippen molar-refractivity contribution >= 4 is 33.9 Å². The van der Waals surface area contributed by atoms with Crippen LogP contribution in [0.5, 0.6) is 0 Å². The van der Waals surface area contributed by atoms with Gasteiger partial charge >= 0.3 is 0 Å². The van der Waals surface area contributed by atoms with Crippen LogP contribution in [0.25, 0.3) is 33.6 Å². The van der Waals surface area contributed by atoms with E-state index in [4.69, 9.17) is 15.7 Å². The van der Waals surface area contributed by atoms with Crippen molar-refractivity contribution in [1.29, 1.82) is 0 Å². The molecule has 2 amide bonds. The maximum atomic E-state index is 15.8. The fourth-order valence-corrected chi connectivity index (χ4v) is 8.66. The van der Waals surface area contributed by atoms with Crippen molar-refractivity contribution < 1.29 is 18.4 Å². The van der Waals surface area contributed by atoms with Crippen LogP contribution < -0.4 is 11.1 Å². The molecule has 3 saturated carbocycles. The number of pyridine rings is 1. The minimum atomic E-state index is -2.97. The third-order valence-corrected chi connectivity index (χ3v) is 11.6. The van der Waals surface area contributed by atoms with E-state index in [9.17, 15) is 9.59 Å². The molecule has 3 aliphatic carbocycles. The Balaban J connectivity index is 1.14. The number of carbonyl (C=O) groups excluding carboxylic acids is 2. The van der Waals surface area contributed by atoms with Crippen LogP contribution in [0.2, 0.25) is 0 Å². The predicted molar refractivity (Wildman–Crippen MR) is 174 cm³/mol. The topological polar surface area (TPSA) is 111 Å². The molecule has 4 aromatic rings. The Morgan fingerprint density at radius 3 is 2.66 bits per heavy atom. The summed E-state index contributed by atoms with van der Waals surface area (Å²) in [6.07, 6.45) is 6.49. The third-order valence-electron chi connectivity index (χ3n) is 11.6. The normalized spacial score (nSPS) is 30.4. The summed E-state index contributed by atoms with van der Waals surface area (Å²) < 4.78 is 35.4. The van der Waals surface area contributed by atoms with Crippen molar-refractivity contribution in [2.24, 2.45) is 23.5 Å². The molecule has 5 aliphatic rings. The number of piperidine rings is 1. The predicted octanol–water partition coefficient (Wildman–Crippen LogP) is 5.97. The van der Waals surface area contributed by atoms with Crippen LogP contribution in [0, 0.1) is 17.8 Å². The van der Waals surface area contributed by atoms with E-state index in [2.05, 4.69) is 9.88 Å². The summed E-state index contributed by atoms with van der Waals surface area (Å²) in [6.45, 7) is 1.96. The van der Waals surface area contributed by atoms with E-state index in [1.165, 1.54) is 0 Å². The zero-order valence-electron chi connectivity index (χ0n) is 26.7. The Kier molecular flexibility index (Phi) is 6.59. The molecule has 9 nitrogen and oxygen atoms in total. The Hall–Kier alpha value is -3.86. The highest BCUT2D eigenvalue weighted by Gasteiger charge is 2.44. The van der Waals surface area contributed by atoms with Gasteiger partial charge in [-0.05, 0) is 107 Å². The molecule has 4 fully saturated rings. The number of nitrogens with one attached hydrogen (secondary N) is 1. The molecule has 4 bridgehead atoms. The summed E-state index contributed by atoms with van der Waals surface area (Å²) in [5, 5.41) is 3.85. The van der Waals surface area contributed by atoms with Gasteiger partial charge in [0.2, 0.25) is 5.91 Å². The second-order valence-corrected chi connectivity index (χ2v) is 14.9. The molecule has 3 N–H and O–H groups in total. The van der Waals surface area contributed by atoms with Crippen LogP contribution in [0.4, 0.5) is 8.78 Å². The van der Waals surface area contributed by atoms with Crippen LogP contribution >= 0.6 is 0 Å². The number of imidazole rings is 1. The fraction of sp³-hybridized carbons (Fsp3) is 0.556. The van der Waals surface area contributed by atoms with E-state index < -0.39 is 12.5 Å². The second-order valence-electron chi connectivity index (χ2n) is 14.9. The molecule has 47 heavy (non-hydrogen) atoms. The highest BCUT2D eigenvalue weighted by Crippen LogP contribution is 2.45. The molecule has 9 rings (SSSR count). The number of benzene rings is 1. The van der Waals surface area contributed by atoms with Gasteiger partial charge in [-0.3, -0.25) is 9.59 Å². The van der Waals surface area contributed by atoms with E-state index >= 15 is 8.78 Å². The van der Waals surface area contributed by atoms with E-state index in [0.29, 0.717) is 59.2 Å². The number of carbonyl (C=O) groups is 2. The minimum absolute atomic E-state index is 0.00370. The number of rotatable bonds is 3. The van der Waals surface area contributed by atoms with Gasteiger partial charge in [0.1, 0.15) is 5.65 Å². The second kappa shape index (κ2) is 10.6. The van der Waals surface area contributed by atoms with Gasteiger partial charge < -0.3 is 25.1 Å². The molecule has 1 aromatic carbocycles. The minimum Gasteiger partial charge on any atom is -0.348 e. The van der Waals surface area contributed by atoms with Crippen LogP contribution in [0.3, 0.4) is 0 Å². The summed E-state index contributed by atoms with van der Waals surface area (Å²) in [6, 6.07) is 11.5. The first-order valence-corrected chi connectivity index (χ1v) is 17.4. The summed E-state index contributed by atoms with van der Waals surface area (Å²) in [5.74, 6) is -1.81. The molecule has 2 aliphatic heterocycles. The SMILES string of the molecule is C[C@H]1NC(=O)[C@@H]2C[C@H]2CCCC(F)(F)Cn2c(-c3nc4cc(C(=O)N5C[C@H](N)[C@@H]6CC[C@H]5C6)ccc4n3C3CC3)cc3ccc1nc32. The van der Waals surface area contributed by atoms with E-state index in [1.54, 1.807) is 4.57 Å². The molecule has 11 heteroatoms. The van der Waals surface area contributed by atoms with E-state index in [-0.39, 0.29) is 54.2 Å². The molecule has 0 unspecified atom stereocenters. The van der Waals surface area contributed by atoms with Gasteiger partial charge in [0.15, 0.2) is 5.82 Å². The monoisotopic (exact) mass is 641 g/mol. The number of nitrogens with zero attached hydrogens (tertiary/aromatic N) is 5. The lowest BCUT2D eigenvalue weighted by atomic mass is 9.94. The van der Waals surface area contributed by atoms with Gasteiger partial charge in [-0.25, -0.2) is 18.7 Å². The summed E-state index contributed by atoms with van der Waals surface area (Å²) in [5.41, 5.74) is 10.3. The molecular weight excluding hydrogens is 600 g/mol. The van der Waals surface area contributed by atoms with Crippen molar-refractivity contribution in [3.05, 3.63) is 47.7 Å². The largest absolute Gasteiger partial charge is 0.348 e. The summed E-state index contributed by atoms with van der Waals surface area (Å²) in [4.78, 5) is 38.6. The zero-order chi connectivity index (χ0) is 32.2. The summed E-state index contributed by atoms with van der Waals surface area (Å²) in [7, 11) is 0. The van der Waals surface area contributed by atoms with E-state index in [1.807, 2.05) is 48.2 Å². The Bertz CT molecular complexity index is 1930. The van der Waals surface area contributed by atoms with Crippen LogP contribution in [-0.2, 0) is 11.3 Å². The van der Waals surface area contributed by atoms with Gasteiger partial charge in [-0.1, -0.05) is 0 Å². The first-order valence-electron chi connectivity index (χ1n) is 17.4. The Morgan fingerprint density at radius 1 is 1.00 bits per heavy atom. The van der Waals surface area contributed by atoms with Crippen molar-refractivity contribution in [3.8, 4) is 11.5 Å². The van der Waals surface area contributed by atoms with Crippen molar-refractivity contribution in [1.82, 2.24) is 29.3 Å². The average Bonchev–Trinajstić information content (AvgIpc) is 3.93. The third kappa shape index (κ3) is 5.03. The van der Waals surface area contributed by atoms with Crippen molar-refractivity contribution in [2.45, 2.75) is 101 Å². The highest BCUT2D eigenvalue weighted by atomic mass is 19.3. The first-order chi connectivity index (χ1) is 22.6. The van der Waals surface area contributed by atoms with Crippen LogP contribution in [-0.4, -0.2) is 60.4 Å². The lowest BCUT2D eigenvalue weighted by molar-refractivity contribution is -0.123. The summed E-state index contributed by atoms with van der Waals surface area (Å²) >= 11 is 0. The number of likely N-dealkylation sites (tertiary alicyclic amines) is 1. The smallest absolute Gasteiger partial charge is 0.265 e. The average molecular weight is 642 g/mol. The maximum absolute atomic E-state index is 15.8. The number of halogens is 2. The van der Waals surface area contributed by atoms with Gasteiger partial charge in [0, 0.05) is 48.0 Å². The molecule has 5 heterocycles. The van der Waals surface area contributed by atoms with Crippen molar-refractivity contribution in [2.75, 3.05) is 6.54 Å². The molecule has 3 aromatic heterocycles. The number of amides is 2. The van der Waals surface area contributed by atoms with Gasteiger partial charge in [0.05, 0.1) is 35.0 Å². The molecule has 0 radical (unpaired) electrons. The molecule has 0 spiro atoms. The fourth-order valence-electron chi connectivity index (χ4n) is 8.66. The number of fused-ring (bicyclic) bond motifs is 5.